The van der Waals surface area contributed by atoms with Crippen molar-refractivity contribution in [3.63, 3.8) is 0 Å². The van der Waals surface area contributed by atoms with Gasteiger partial charge in [-0.1, -0.05) is 18.2 Å². The van der Waals surface area contributed by atoms with Gasteiger partial charge >= 0.3 is 6.03 Å². The third kappa shape index (κ3) is 6.31. The molecular formula is C19H23N9O. The summed E-state index contributed by atoms with van der Waals surface area (Å²) in [5.74, 6) is 0.451. The lowest BCUT2D eigenvalue weighted by molar-refractivity contribution is 0.249. The average molecular weight is 393 g/mol. The lowest BCUT2D eigenvalue weighted by Crippen LogP contribution is -2.37. The van der Waals surface area contributed by atoms with Gasteiger partial charge in [-0.25, -0.2) is 9.79 Å². The molecule has 3 rings (SSSR count). The van der Waals surface area contributed by atoms with Gasteiger partial charge in [0.15, 0.2) is 11.9 Å². The van der Waals surface area contributed by atoms with Crippen LogP contribution in [0.5, 0.6) is 0 Å². The molecule has 150 valence electrons. The van der Waals surface area contributed by atoms with Crippen LogP contribution in [0.4, 0.5) is 4.79 Å². The fraction of sp³-hybridized carbons (Fsp3) is 0.211. The zero-order chi connectivity index (χ0) is 20.5. The van der Waals surface area contributed by atoms with Gasteiger partial charge in [0.25, 0.3) is 0 Å². The number of rotatable bonds is 6. The van der Waals surface area contributed by atoms with Gasteiger partial charge < -0.3 is 27.4 Å². The predicted octanol–water partition coefficient (Wildman–Crippen LogP) is 0.0920. The second-order valence-electron chi connectivity index (χ2n) is 6.25. The van der Waals surface area contributed by atoms with Crippen LogP contribution in [0.1, 0.15) is 16.8 Å². The van der Waals surface area contributed by atoms with Crippen LogP contribution in [0.25, 0.3) is 5.57 Å². The molecule has 0 radical (unpaired) electrons. The number of hydrogen-bond acceptors (Lipinski definition) is 6. The van der Waals surface area contributed by atoms with E-state index in [9.17, 15) is 4.79 Å². The summed E-state index contributed by atoms with van der Waals surface area (Å²) in [6, 6.07) is 7.26. The van der Waals surface area contributed by atoms with E-state index in [0.29, 0.717) is 19.6 Å². The molecule has 1 aliphatic heterocycles. The van der Waals surface area contributed by atoms with Crippen molar-refractivity contribution in [3.8, 4) is 0 Å². The summed E-state index contributed by atoms with van der Waals surface area (Å²) in [5, 5.41) is 9.05. The first-order valence-corrected chi connectivity index (χ1v) is 9.06. The van der Waals surface area contributed by atoms with E-state index in [1.165, 1.54) is 0 Å². The van der Waals surface area contributed by atoms with Gasteiger partial charge in [-0.3, -0.25) is 9.97 Å². The third-order valence-corrected chi connectivity index (χ3v) is 4.05. The van der Waals surface area contributed by atoms with Crippen LogP contribution in [0.2, 0.25) is 0 Å². The lowest BCUT2D eigenvalue weighted by Gasteiger charge is -2.17. The fourth-order valence-corrected chi connectivity index (χ4v) is 2.68. The molecular weight excluding hydrogens is 370 g/mol. The maximum Gasteiger partial charge on any atom is 0.344 e. The van der Waals surface area contributed by atoms with E-state index in [1.54, 1.807) is 18.6 Å². The van der Waals surface area contributed by atoms with Gasteiger partial charge in [-0.2, -0.15) is 4.99 Å². The largest absolute Gasteiger partial charge is 0.370 e. The van der Waals surface area contributed by atoms with Crippen LogP contribution in [0.3, 0.4) is 0 Å². The first-order chi connectivity index (χ1) is 14.1. The molecule has 0 atom stereocenters. The molecule has 1 aromatic carbocycles. The van der Waals surface area contributed by atoms with E-state index < -0.39 is 6.03 Å². The molecule has 10 heteroatoms. The molecule has 0 bridgehead atoms. The van der Waals surface area contributed by atoms with E-state index >= 15 is 0 Å². The molecule has 10 nitrogen and oxygen atoms in total. The Bertz CT molecular complexity index is 934. The van der Waals surface area contributed by atoms with Crippen molar-refractivity contribution in [1.82, 2.24) is 25.9 Å². The summed E-state index contributed by atoms with van der Waals surface area (Å²) >= 11 is 0. The smallest absolute Gasteiger partial charge is 0.344 e. The van der Waals surface area contributed by atoms with Crippen molar-refractivity contribution in [2.75, 3.05) is 13.1 Å². The Morgan fingerprint density at radius 2 is 2.17 bits per heavy atom. The first kappa shape index (κ1) is 19.8. The van der Waals surface area contributed by atoms with Gasteiger partial charge in [0.1, 0.15) is 0 Å². The normalized spacial score (nSPS) is 12.8. The van der Waals surface area contributed by atoms with Gasteiger partial charge in [0.05, 0.1) is 12.2 Å². The number of nitrogens with two attached hydrogens (primary N) is 2. The van der Waals surface area contributed by atoms with E-state index in [-0.39, 0.29) is 5.96 Å². The summed E-state index contributed by atoms with van der Waals surface area (Å²) in [5.41, 5.74) is 14.3. The minimum absolute atomic E-state index is 0.270. The van der Waals surface area contributed by atoms with E-state index in [4.69, 9.17) is 11.5 Å². The number of urea groups is 1. The number of aliphatic imine (C=N–C) groups is 2. The number of carbonyl (C=O) groups is 1. The minimum Gasteiger partial charge on any atom is -0.370 e. The second-order valence-corrected chi connectivity index (χ2v) is 6.25. The molecule has 0 unspecified atom stereocenters. The first-order valence-electron chi connectivity index (χ1n) is 9.06. The summed E-state index contributed by atoms with van der Waals surface area (Å²) in [4.78, 5) is 27.8. The summed E-state index contributed by atoms with van der Waals surface area (Å²) < 4.78 is 0. The Balaban J connectivity index is 1.49. The highest BCUT2D eigenvalue weighted by Gasteiger charge is 2.09. The molecule has 7 N–H and O–H groups in total. The van der Waals surface area contributed by atoms with Crippen LogP contribution in [0, 0.1) is 0 Å². The number of hydrogen-bond donors (Lipinski definition) is 5. The highest BCUT2D eigenvalue weighted by atomic mass is 16.2. The number of benzene rings is 1. The van der Waals surface area contributed by atoms with Crippen molar-refractivity contribution in [2.45, 2.75) is 13.0 Å². The lowest BCUT2D eigenvalue weighted by atomic mass is 10.0. The van der Waals surface area contributed by atoms with E-state index in [0.717, 1.165) is 34.8 Å². The van der Waals surface area contributed by atoms with Gasteiger partial charge in [0, 0.05) is 44.3 Å². The molecule has 0 fully saturated rings. The molecule has 1 aliphatic rings. The van der Waals surface area contributed by atoms with Crippen LogP contribution < -0.4 is 27.4 Å². The highest BCUT2D eigenvalue weighted by molar-refractivity contribution is 5.90. The Labute approximate surface area is 168 Å². The molecule has 0 saturated carbocycles. The third-order valence-electron chi connectivity index (χ3n) is 4.05. The maximum absolute atomic E-state index is 11.5. The Hall–Kier alpha value is -3.95. The van der Waals surface area contributed by atoms with E-state index in [1.807, 2.05) is 30.5 Å². The number of guanidine groups is 2. The van der Waals surface area contributed by atoms with E-state index in [2.05, 4.69) is 35.9 Å². The van der Waals surface area contributed by atoms with Crippen molar-refractivity contribution < 1.29 is 4.79 Å². The number of nitrogens with zero attached hydrogens (tertiary/aromatic N) is 4. The summed E-state index contributed by atoms with van der Waals surface area (Å²) in [6.07, 6.45) is 7.78. The number of nitrogens with one attached hydrogen (secondary N) is 3. The monoisotopic (exact) mass is 393 g/mol. The molecule has 1 aromatic heterocycles. The van der Waals surface area contributed by atoms with Crippen molar-refractivity contribution >= 4 is 23.5 Å². The molecule has 0 spiro atoms. The highest BCUT2D eigenvalue weighted by Crippen LogP contribution is 2.17. The van der Waals surface area contributed by atoms with Gasteiger partial charge in [0.2, 0.25) is 0 Å². The quantitative estimate of drug-likeness (QED) is 0.344. The molecule has 0 aliphatic carbocycles. The fourth-order valence-electron chi connectivity index (χ4n) is 2.68. The zero-order valence-corrected chi connectivity index (χ0v) is 15.8. The standard InChI is InChI=1S/C19H23N9O/c20-17(21)28-19(29)27-9-13-2-1-3-14(8-13)15-10-25-18(26-11-15)24-5-4-16-12-22-6-7-23-16/h1-3,6-8,10,12H,4-5,9,11H2,(H2,24,25,26)(H5,20,21,27,28,29). The second kappa shape index (κ2) is 9.83. The summed E-state index contributed by atoms with van der Waals surface area (Å²) in [7, 11) is 0. The van der Waals surface area contributed by atoms with Crippen LogP contribution in [-0.4, -0.2) is 41.0 Å². The average Bonchev–Trinajstić information content (AvgIpc) is 2.73. The maximum atomic E-state index is 11.5. The minimum atomic E-state index is -0.573. The predicted molar refractivity (Wildman–Crippen MR) is 112 cm³/mol. The number of carbonyl (C=O) groups excluding carboxylic acids is 1. The molecule has 29 heavy (non-hydrogen) atoms. The Morgan fingerprint density at radius 3 is 2.90 bits per heavy atom. The van der Waals surface area contributed by atoms with Crippen LogP contribution in [0.15, 0.2) is 59.0 Å². The van der Waals surface area contributed by atoms with Crippen molar-refractivity contribution in [2.24, 2.45) is 21.5 Å². The van der Waals surface area contributed by atoms with Gasteiger partial charge in [-0.05, 0) is 22.8 Å². The zero-order valence-electron chi connectivity index (χ0n) is 15.8. The Morgan fingerprint density at radius 1 is 1.28 bits per heavy atom. The van der Waals surface area contributed by atoms with Crippen molar-refractivity contribution in [1.29, 1.82) is 0 Å². The topological polar surface area (TPSA) is 156 Å². The van der Waals surface area contributed by atoms with Crippen LogP contribution >= 0.6 is 0 Å². The number of amides is 2. The van der Waals surface area contributed by atoms with Crippen molar-refractivity contribution in [3.05, 3.63) is 65.9 Å². The SMILES string of the molecule is NC(N)=NC(=O)NCc1cccc(C2=CNC(NCCc3cnccn3)=NC2)c1. The molecule has 2 heterocycles. The Kier molecular flexibility index (Phi) is 6.71. The number of aromatic nitrogens is 2. The molecule has 2 aromatic rings. The summed E-state index contributed by atoms with van der Waals surface area (Å²) in [6.45, 7) is 1.57. The molecule has 2 amide bonds. The van der Waals surface area contributed by atoms with Crippen LogP contribution in [-0.2, 0) is 13.0 Å². The molecule has 0 saturated heterocycles. The van der Waals surface area contributed by atoms with Gasteiger partial charge in [-0.15, -0.1) is 0 Å².